The molecule has 1 N–H and O–H groups in total. The zero-order valence-corrected chi connectivity index (χ0v) is 19.3. The lowest BCUT2D eigenvalue weighted by molar-refractivity contribution is -0.144. The monoisotopic (exact) mass is 473 g/mol. The Kier molecular flexibility index (Phi) is 6.57. The molecule has 4 rings (SSSR count). The van der Waals surface area contributed by atoms with Crippen molar-refractivity contribution in [2.75, 3.05) is 14.2 Å². The molecule has 7 nitrogen and oxygen atoms in total. The summed E-state index contributed by atoms with van der Waals surface area (Å²) >= 11 is 6.67. The van der Waals surface area contributed by atoms with E-state index in [0.29, 0.717) is 45.1 Å². The van der Waals surface area contributed by atoms with E-state index in [4.69, 9.17) is 26.1 Å². The number of methoxy groups -OCH3 is 2. The van der Waals surface area contributed by atoms with Gasteiger partial charge in [0, 0.05) is 18.2 Å². The van der Waals surface area contributed by atoms with Crippen molar-refractivity contribution in [2.24, 2.45) is 5.92 Å². The van der Waals surface area contributed by atoms with Gasteiger partial charge in [0.05, 0.1) is 30.6 Å². The number of thiocarbonyl (C=S) groups is 1. The zero-order valence-electron chi connectivity index (χ0n) is 17.7. The van der Waals surface area contributed by atoms with Crippen LogP contribution in [0.4, 0.5) is 0 Å². The number of aliphatic carboxylic acids is 1. The molecular weight excluding hydrogens is 450 g/mol. The number of carbonyl (C=O) groups is 2. The molecule has 2 fully saturated rings. The Morgan fingerprint density at radius 2 is 2.06 bits per heavy atom. The maximum absolute atomic E-state index is 13.1. The fraction of sp³-hybridized carbons (Fsp3) is 0.348. The van der Waals surface area contributed by atoms with Crippen molar-refractivity contribution in [1.29, 1.82) is 0 Å². The molecule has 0 spiro atoms. The van der Waals surface area contributed by atoms with Gasteiger partial charge in [0.2, 0.25) is 0 Å². The molecule has 1 saturated heterocycles. The summed E-state index contributed by atoms with van der Waals surface area (Å²) in [5.41, 5.74) is 0.766. The molecule has 2 aliphatic rings. The average Bonchev–Trinajstić information content (AvgIpc) is 3.37. The Morgan fingerprint density at radius 1 is 1.25 bits per heavy atom. The summed E-state index contributed by atoms with van der Waals surface area (Å²) in [7, 11) is 3.17. The van der Waals surface area contributed by atoms with E-state index < -0.39 is 11.9 Å². The van der Waals surface area contributed by atoms with Gasteiger partial charge >= 0.3 is 5.97 Å². The van der Waals surface area contributed by atoms with E-state index in [2.05, 4.69) is 0 Å². The van der Waals surface area contributed by atoms with Gasteiger partial charge in [-0.2, -0.15) is 0 Å². The van der Waals surface area contributed by atoms with Crippen LogP contribution in [-0.4, -0.2) is 46.5 Å². The minimum absolute atomic E-state index is 0.182. The van der Waals surface area contributed by atoms with E-state index in [-0.39, 0.29) is 11.9 Å². The summed E-state index contributed by atoms with van der Waals surface area (Å²) in [6.45, 7) is 0. The quantitative estimate of drug-likeness (QED) is 0.472. The van der Waals surface area contributed by atoms with Gasteiger partial charge in [0.1, 0.15) is 27.3 Å². The molecule has 168 valence electrons. The number of furan rings is 1. The van der Waals surface area contributed by atoms with Gasteiger partial charge in [-0.05, 0) is 43.5 Å². The number of hydrogen-bond donors (Lipinski definition) is 1. The first-order valence-corrected chi connectivity index (χ1v) is 11.5. The Bertz CT molecular complexity index is 1090. The number of rotatable bonds is 6. The van der Waals surface area contributed by atoms with Crippen LogP contribution in [0.1, 0.15) is 31.4 Å². The lowest BCUT2D eigenvalue weighted by Crippen LogP contribution is -2.42. The third-order valence-corrected chi connectivity index (χ3v) is 7.09. The number of thioether (sulfide) groups is 1. The topological polar surface area (TPSA) is 89.2 Å². The summed E-state index contributed by atoms with van der Waals surface area (Å²) in [6.07, 6.45) is 4.27. The first kappa shape index (κ1) is 22.4. The van der Waals surface area contributed by atoms with E-state index in [1.165, 1.54) is 11.8 Å². The first-order chi connectivity index (χ1) is 15.4. The van der Waals surface area contributed by atoms with Crippen molar-refractivity contribution < 1.29 is 28.6 Å². The predicted molar refractivity (Wildman–Crippen MR) is 126 cm³/mol. The number of carboxylic acid groups (broad SMARTS) is 1. The Hall–Kier alpha value is -2.78. The number of amides is 1. The second-order valence-corrected chi connectivity index (χ2v) is 9.35. The van der Waals surface area contributed by atoms with Crippen molar-refractivity contribution >= 4 is 46.3 Å². The second kappa shape index (κ2) is 9.38. The van der Waals surface area contributed by atoms with Crippen LogP contribution < -0.4 is 9.47 Å². The molecule has 1 aromatic carbocycles. The van der Waals surface area contributed by atoms with E-state index in [1.54, 1.807) is 37.3 Å². The average molecular weight is 474 g/mol. The molecular formula is C23H23NO6S2. The molecule has 2 unspecified atom stereocenters. The Labute approximate surface area is 195 Å². The van der Waals surface area contributed by atoms with Crippen LogP contribution in [0.2, 0.25) is 0 Å². The smallest absolute Gasteiger partial charge is 0.306 e. The first-order valence-electron chi connectivity index (χ1n) is 10.2. The van der Waals surface area contributed by atoms with E-state index >= 15 is 0 Å². The molecule has 1 aromatic heterocycles. The number of benzene rings is 1. The molecule has 2 heterocycles. The minimum Gasteiger partial charge on any atom is -0.497 e. The summed E-state index contributed by atoms with van der Waals surface area (Å²) < 4.78 is 17.1. The van der Waals surface area contributed by atoms with Gasteiger partial charge < -0.3 is 19.0 Å². The molecule has 0 radical (unpaired) electrons. The largest absolute Gasteiger partial charge is 0.497 e. The molecule has 2 atom stereocenters. The van der Waals surface area contributed by atoms with E-state index in [9.17, 15) is 14.7 Å². The highest BCUT2D eigenvalue weighted by molar-refractivity contribution is 8.26. The number of carbonyl (C=O) groups excluding carboxylic acids is 1. The predicted octanol–water partition coefficient (Wildman–Crippen LogP) is 4.81. The van der Waals surface area contributed by atoms with Crippen molar-refractivity contribution in [1.82, 2.24) is 4.90 Å². The minimum atomic E-state index is -0.812. The second-order valence-electron chi connectivity index (χ2n) is 7.68. The highest BCUT2D eigenvalue weighted by Crippen LogP contribution is 2.40. The SMILES string of the molecule is COc1ccc(-c2ccc(/C=C3/SC(=S)N(C4CCCC(C(=O)O)C4)C3=O)o2)c(OC)c1. The molecule has 0 bridgehead atoms. The van der Waals surface area contributed by atoms with Crippen LogP contribution >= 0.6 is 24.0 Å². The molecule has 1 aliphatic carbocycles. The fourth-order valence-electron chi connectivity index (χ4n) is 4.12. The van der Waals surface area contributed by atoms with Gasteiger partial charge in [-0.25, -0.2) is 0 Å². The van der Waals surface area contributed by atoms with Crippen LogP contribution in [0.15, 0.2) is 39.7 Å². The standard InChI is InChI=1S/C23H23NO6S2/c1-28-15-6-8-17(19(11-15)29-2)18-9-7-16(30-18)12-20-21(25)24(23(31)32-20)14-5-3-4-13(10-14)22(26)27/h6-9,11-14H,3-5,10H2,1-2H3,(H,26,27)/b20-12+. The molecule has 9 heteroatoms. The highest BCUT2D eigenvalue weighted by atomic mass is 32.2. The van der Waals surface area contributed by atoms with Gasteiger partial charge in [-0.3, -0.25) is 14.5 Å². The van der Waals surface area contributed by atoms with Crippen LogP contribution in [0.5, 0.6) is 11.5 Å². The fourth-order valence-corrected chi connectivity index (χ4v) is 5.50. The maximum atomic E-state index is 13.1. The molecule has 32 heavy (non-hydrogen) atoms. The lowest BCUT2D eigenvalue weighted by atomic mass is 9.85. The lowest BCUT2D eigenvalue weighted by Gasteiger charge is -2.32. The summed E-state index contributed by atoms with van der Waals surface area (Å²) in [5, 5.41) is 9.36. The van der Waals surface area contributed by atoms with E-state index in [1.807, 2.05) is 18.2 Å². The Morgan fingerprint density at radius 3 is 2.78 bits per heavy atom. The van der Waals surface area contributed by atoms with Gasteiger partial charge in [-0.15, -0.1) is 0 Å². The number of hydrogen-bond acceptors (Lipinski definition) is 7. The summed E-state index contributed by atoms with van der Waals surface area (Å²) in [4.78, 5) is 26.5. The number of nitrogens with zero attached hydrogens (tertiary/aromatic N) is 1. The highest BCUT2D eigenvalue weighted by Gasteiger charge is 2.40. The van der Waals surface area contributed by atoms with Gasteiger partial charge in [-0.1, -0.05) is 30.4 Å². The van der Waals surface area contributed by atoms with Crippen molar-refractivity contribution in [3.05, 3.63) is 41.0 Å². The van der Waals surface area contributed by atoms with Gasteiger partial charge in [0.25, 0.3) is 5.91 Å². The number of carboxylic acids is 1. The summed E-state index contributed by atoms with van der Waals surface area (Å²) in [5.74, 6) is 0.960. The van der Waals surface area contributed by atoms with Gasteiger partial charge in [0.15, 0.2) is 0 Å². The van der Waals surface area contributed by atoms with Crippen molar-refractivity contribution in [2.45, 2.75) is 31.7 Å². The van der Waals surface area contributed by atoms with Crippen molar-refractivity contribution in [3.8, 4) is 22.8 Å². The number of ether oxygens (including phenoxy) is 2. The third kappa shape index (κ3) is 4.40. The van der Waals surface area contributed by atoms with Crippen LogP contribution in [0.3, 0.4) is 0 Å². The zero-order chi connectivity index (χ0) is 22.8. The molecule has 1 amide bonds. The molecule has 2 aromatic rings. The molecule has 1 saturated carbocycles. The molecule has 1 aliphatic heterocycles. The summed E-state index contributed by atoms with van der Waals surface area (Å²) in [6, 6.07) is 8.86. The maximum Gasteiger partial charge on any atom is 0.306 e. The van der Waals surface area contributed by atoms with Crippen LogP contribution in [0.25, 0.3) is 17.4 Å². The van der Waals surface area contributed by atoms with Crippen LogP contribution in [-0.2, 0) is 9.59 Å². The van der Waals surface area contributed by atoms with Crippen LogP contribution in [0, 0.1) is 5.92 Å². The third-order valence-electron chi connectivity index (χ3n) is 5.76. The van der Waals surface area contributed by atoms with E-state index in [0.717, 1.165) is 18.4 Å². The van der Waals surface area contributed by atoms with Crippen molar-refractivity contribution in [3.63, 3.8) is 0 Å². The Balaban J connectivity index is 1.54. The normalized spacial score (nSPS) is 22.4.